The first-order valence-electron chi connectivity index (χ1n) is 8.94. The molecule has 10 heteroatoms. The van der Waals surface area contributed by atoms with E-state index in [9.17, 15) is 18.0 Å². The summed E-state index contributed by atoms with van der Waals surface area (Å²) in [5.41, 5.74) is 1.84. The lowest BCUT2D eigenvalue weighted by Crippen LogP contribution is -2.31. The zero-order valence-electron chi connectivity index (χ0n) is 16.7. The topological polar surface area (TPSA) is 92.8 Å². The number of ether oxygens (including phenoxy) is 1. The number of rotatable bonds is 8. The van der Waals surface area contributed by atoms with Gasteiger partial charge in [-0.2, -0.15) is 0 Å². The van der Waals surface area contributed by atoms with Crippen LogP contribution in [0.3, 0.4) is 0 Å². The Kier molecular flexibility index (Phi) is 8.11. The number of hydrogen-bond donors (Lipinski definition) is 1. The highest BCUT2D eigenvalue weighted by molar-refractivity contribution is 7.92. The van der Waals surface area contributed by atoms with Gasteiger partial charge >= 0.3 is 5.97 Å². The van der Waals surface area contributed by atoms with Gasteiger partial charge in [-0.25, -0.2) is 13.2 Å². The second kappa shape index (κ2) is 10.1. The standard InChI is InChI=1S/C20H22Cl2N2O5S/c1-13-6-7-14(20(26)29-2)11-17(13)23-19(25)5-4-10-24(30(3,27)28)18-12-15(21)8-9-16(18)22/h6-9,11-12H,4-5,10H2,1-3H3,(H,23,25). The number of benzene rings is 2. The highest BCUT2D eigenvalue weighted by atomic mass is 35.5. The van der Waals surface area contributed by atoms with Crippen LogP contribution in [0, 0.1) is 6.92 Å². The fourth-order valence-electron chi connectivity index (χ4n) is 2.74. The molecule has 0 aliphatic rings. The van der Waals surface area contributed by atoms with E-state index >= 15 is 0 Å². The highest BCUT2D eigenvalue weighted by Crippen LogP contribution is 2.31. The van der Waals surface area contributed by atoms with Gasteiger partial charge in [0.05, 0.1) is 29.6 Å². The number of carbonyl (C=O) groups excluding carboxylic acids is 2. The summed E-state index contributed by atoms with van der Waals surface area (Å²) in [5, 5.41) is 3.33. The molecule has 162 valence electrons. The van der Waals surface area contributed by atoms with Crippen molar-refractivity contribution < 1.29 is 22.7 Å². The average Bonchev–Trinajstić information content (AvgIpc) is 2.67. The zero-order valence-corrected chi connectivity index (χ0v) is 19.1. The number of nitrogens with zero attached hydrogens (tertiary/aromatic N) is 1. The first-order chi connectivity index (χ1) is 14.0. The van der Waals surface area contributed by atoms with Crippen molar-refractivity contribution in [2.24, 2.45) is 0 Å². The minimum Gasteiger partial charge on any atom is -0.465 e. The smallest absolute Gasteiger partial charge is 0.337 e. The first-order valence-corrected chi connectivity index (χ1v) is 11.5. The Morgan fingerprint density at radius 3 is 2.47 bits per heavy atom. The first kappa shape index (κ1) is 24.0. The SMILES string of the molecule is COC(=O)c1ccc(C)c(NC(=O)CCCN(c2cc(Cl)ccc2Cl)S(C)(=O)=O)c1. The van der Waals surface area contributed by atoms with E-state index in [0.29, 0.717) is 16.3 Å². The van der Waals surface area contributed by atoms with Crippen molar-refractivity contribution >= 4 is 56.5 Å². The molecule has 2 aromatic rings. The van der Waals surface area contributed by atoms with Crippen LogP contribution in [0.1, 0.15) is 28.8 Å². The van der Waals surface area contributed by atoms with E-state index in [-0.39, 0.29) is 36.0 Å². The number of anilines is 2. The number of methoxy groups -OCH3 is 1. The molecule has 0 unspecified atom stereocenters. The summed E-state index contributed by atoms with van der Waals surface area (Å²) in [6.45, 7) is 1.84. The van der Waals surface area contributed by atoms with E-state index in [0.717, 1.165) is 16.1 Å². The molecule has 0 saturated carbocycles. The van der Waals surface area contributed by atoms with Gasteiger partial charge in [-0.15, -0.1) is 0 Å². The molecule has 0 aliphatic carbocycles. The lowest BCUT2D eigenvalue weighted by atomic mass is 10.1. The fraction of sp³-hybridized carbons (Fsp3) is 0.300. The lowest BCUT2D eigenvalue weighted by molar-refractivity contribution is -0.116. The second-order valence-electron chi connectivity index (χ2n) is 6.60. The third kappa shape index (κ3) is 6.35. The average molecular weight is 473 g/mol. The Hall–Kier alpha value is -2.29. The van der Waals surface area contributed by atoms with Crippen LogP contribution in [-0.4, -0.2) is 40.2 Å². The molecular weight excluding hydrogens is 451 g/mol. The van der Waals surface area contributed by atoms with Crippen molar-refractivity contribution in [3.05, 3.63) is 57.6 Å². The van der Waals surface area contributed by atoms with E-state index < -0.39 is 16.0 Å². The molecule has 0 radical (unpaired) electrons. The fourth-order valence-corrected chi connectivity index (χ4v) is 4.14. The molecule has 0 heterocycles. The number of hydrogen-bond acceptors (Lipinski definition) is 5. The van der Waals surface area contributed by atoms with Crippen LogP contribution in [-0.2, 0) is 19.6 Å². The molecule has 0 aromatic heterocycles. The molecule has 30 heavy (non-hydrogen) atoms. The number of halogens is 2. The van der Waals surface area contributed by atoms with Crippen molar-refractivity contribution in [2.75, 3.05) is 29.5 Å². The van der Waals surface area contributed by atoms with E-state index in [2.05, 4.69) is 10.1 Å². The van der Waals surface area contributed by atoms with E-state index in [4.69, 9.17) is 23.2 Å². The van der Waals surface area contributed by atoms with Crippen LogP contribution in [0.4, 0.5) is 11.4 Å². The molecule has 1 N–H and O–H groups in total. The molecule has 1 amide bonds. The summed E-state index contributed by atoms with van der Waals surface area (Å²) in [7, 11) is -2.35. The minimum absolute atomic E-state index is 0.0491. The molecule has 0 bridgehead atoms. The van der Waals surface area contributed by atoms with Gasteiger partial charge in [0.15, 0.2) is 0 Å². The molecule has 0 spiro atoms. The number of nitrogens with one attached hydrogen (secondary N) is 1. The lowest BCUT2D eigenvalue weighted by Gasteiger charge is -2.23. The molecule has 0 aliphatic heterocycles. The number of amides is 1. The monoisotopic (exact) mass is 472 g/mol. The van der Waals surface area contributed by atoms with Gasteiger partial charge in [-0.1, -0.05) is 29.3 Å². The molecular formula is C20H22Cl2N2O5S. The van der Waals surface area contributed by atoms with E-state index in [1.165, 1.54) is 25.3 Å². The van der Waals surface area contributed by atoms with Gasteiger partial charge in [0.25, 0.3) is 0 Å². The van der Waals surface area contributed by atoms with Crippen molar-refractivity contribution in [3.8, 4) is 0 Å². The van der Waals surface area contributed by atoms with Crippen LogP contribution in [0.25, 0.3) is 0 Å². The van der Waals surface area contributed by atoms with Gasteiger partial charge in [0.2, 0.25) is 15.9 Å². The Labute approximate surface area is 186 Å². The molecule has 0 saturated heterocycles. The summed E-state index contributed by atoms with van der Waals surface area (Å²) in [5.74, 6) is -0.821. The Bertz CT molecular complexity index is 1060. The second-order valence-corrected chi connectivity index (χ2v) is 9.35. The summed E-state index contributed by atoms with van der Waals surface area (Å²) >= 11 is 12.1. The normalized spacial score (nSPS) is 11.1. The maximum atomic E-state index is 12.4. The number of esters is 1. The Balaban J connectivity index is 2.07. The van der Waals surface area contributed by atoms with Gasteiger partial charge in [-0.3, -0.25) is 9.10 Å². The Morgan fingerprint density at radius 2 is 1.83 bits per heavy atom. The van der Waals surface area contributed by atoms with Crippen LogP contribution in [0.5, 0.6) is 0 Å². The van der Waals surface area contributed by atoms with Crippen LogP contribution in [0.2, 0.25) is 10.0 Å². The largest absolute Gasteiger partial charge is 0.465 e. The maximum absolute atomic E-state index is 12.4. The van der Waals surface area contributed by atoms with Gasteiger partial charge < -0.3 is 10.1 Å². The van der Waals surface area contributed by atoms with Crippen LogP contribution in [0.15, 0.2) is 36.4 Å². The molecule has 7 nitrogen and oxygen atoms in total. The minimum atomic E-state index is -3.63. The van der Waals surface area contributed by atoms with Gasteiger partial charge in [-0.05, 0) is 49.2 Å². The summed E-state index contributed by atoms with van der Waals surface area (Å²) in [6.07, 6.45) is 1.37. The predicted molar refractivity (Wildman–Crippen MR) is 119 cm³/mol. The molecule has 0 atom stereocenters. The predicted octanol–water partition coefficient (Wildman–Crippen LogP) is 4.27. The summed E-state index contributed by atoms with van der Waals surface area (Å²) < 4.78 is 30.2. The van der Waals surface area contributed by atoms with E-state index in [1.807, 2.05) is 0 Å². The maximum Gasteiger partial charge on any atom is 0.337 e. The molecule has 2 aromatic carbocycles. The van der Waals surface area contributed by atoms with Gasteiger partial charge in [0, 0.05) is 23.7 Å². The van der Waals surface area contributed by atoms with Crippen molar-refractivity contribution in [1.82, 2.24) is 0 Å². The van der Waals surface area contributed by atoms with Crippen molar-refractivity contribution in [2.45, 2.75) is 19.8 Å². The molecule has 0 fully saturated rings. The zero-order chi connectivity index (χ0) is 22.5. The summed E-state index contributed by atoms with van der Waals surface area (Å²) in [6, 6.07) is 9.39. The number of aryl methyl sites for hydroxylation is 1. The van der Waals surface area contributed by atoms with Crippen molar-refractivity contribution in [3.63, 3.8) is 0 Å². The third-order valence-electron chi connectivity index (χ3n) is 4.28. The number of carbonyl (C=O) groups is 2. The quantitative estimate of drug-likeness (QED) is 0.578. The third-order valence-corrected chi connectivity index (χ3v) is 6.01. The highest BCUT2D eigenvalue weighted by Gasteiger charge is 2.20. The number of sulfonamides is 1. The summed E-state index contributed by atoms with van der Waals surface area (Å²) in [4.78, 5) is 24.0. The van der Waals surface area contributed by atoms with E-state index in [1.54, 1.807) is 25.1 Å². The Morgan fingerprint density at radius 1 is 1.13 bits per heavy atom. The van der Waals surface area contributed by atoms with Crippen LogP contribution < -0.4 is 9.62 Å². The molecule has 2 rings (SSSR count). The van der Waals surface area contributed by atoms with Crippen molar-refractivity contribution in [1.29, 1.82) is 0 Å². The van der Waals surface area contributed by atoms with Crippen LogP contribution >= 0.6 is 23.2 Å². The van der Waals surface area contributed by atoms with Gasteiger partial charge in [0.1, 0.15) is 0 Å².